The number of nitrogen functional groups attached to an aromatic ring is 1. The predicted octanol–water partition coefficient (Wildman–Crippen LogP) is 3.44. The summed E-state index contributed by atoms with van der Waals surface area (Å²) in [6.07, 6.45) is 7.70. The van der Waals surface area contributed by atoms with Gasteiger partial charge in [-0.3, -0.25) is 0 Å². The number of nitrogens with two attached hydrogens (primary N) is 1. The summed E-state index contributed by atoms with van der Waals surface area (Å²) in [5.74, 6) is 0.510. The quantitative estimate of drug-likeness (QED) is 0.938. The third-order valence-electron chi connectivity index (χ3n) is 3.32. The smallest absolute Gasteiger partial charge is 0.261 e. The van der Waals surface area contributed by atoms with Crippen molar-refractivity contribution >= 4 is 17.1 Å². The van der Waals surface area contributed by atoms with Gasteiger partial charge in [0.05, 0.1) is 0 Å². The second-order valence-electron chi connectivity index (χ2n) is 4.95. The minimum Gasteiger partial charge on any atom is -0.365 e. The van der Waals surface area contributed by atoms with Crippen molar-refractivity contribution in [3.8, 4) is 0 Å². The summed E-state index contributed by atoms with van der Waals surface area (Å²) >= 11 is 0. The first kappa shape index (κ1) is 13.9. The third kappa shape index (κ3) is 2.83. The van der Waals surface area contributed by atoms with Gasteiger partial charge in [-0.25, -0.2) is 0 Å². The van der Waals surface area contributed by atoms with Crippen LogP contribution < -0.4 is 5.73 Å². The van der Waals surface area contributed by atoms with Gasteiger partial charge in [0.2, 0.25) is 0 Å². The molecule has 22 heavy (non-hydrogen) atoms. The van der Waals surface area contributed by atoms with Crippen molar-refractivity contribution in [1.82, 2.24) is 15.0 Å². The molecule has 1 aliphatic rings. The topological polar surface area (TPSA) is 68.2 Å². The average molecular weight is 292 g/mol. The average Bonchev–Trinajstić information content (AvgIpc) is 2.96. The molecular formula is C17H16N4O. The molecule has 0 unspecified atom stereocenters. The molecule has 0 saturated heterocycles. The van der Waals surface area contributed by atoms with E-state index in [2.05, 4.69) is 35.8 Å². The van der Waals surface area contributed by atoms with Crippen LogP contribution in [0, 0.1) is 0 Å². The van der Waals surface area contributed by atoms with Crippen LogP contribution in [0.4, 0.5) is 5.95 Å². The Kier molecular flexibility index (Phi) is 3.62. The first-order valence-corrected chi connectivity index (χ1v) is 6.84. The summed E-state index contributed by atoms with van der Waals surface area (Å²) in [4.78, 5) is 5.96. The Morgan fingerprint density at radius 1 is 1.32 bits per heavy atom. The van der Waals surface area contributed by atoms with Gasteiger partial charge < -0.3 is 15.2 Å². The number of hydrogen-bond acceptors (Lipinski definition) is 5. The summed E-state index contributed by atoms with van der Waals surface area (Å²) < 4.78 is 5.06. The van der Waals surface area contributed by atoms with Gasteiger partial charge in [-0.1, -0.05) is 36.9 Å². The summed E-state index contributed by atoms with van der Waals surface area (Å²) in [6, 6.07) is 10.2. The molecule has 0 spiro atoms. The van der Waals surface area contributed by atoms with Crippen LogP contribution in [0.1, 0.15) is 18.4 Å². The molecule has 1 aromatic heterocycles. The molecule has 0 radical (unpaired) electrons. The fourth-order valence-corrected chi connectivity index (χ4v) is 2.15. The lowest BCUT2D eigenvalue weighted by molar-refractivity contribution is 0.409. The van der Waals surface area contributed by atoms with Gasteiger partial charge in [0, 0.05) is 23.7 Å². The fraction of sp³-hybridized carbons (Fsp3) is 0.0588. The van der Waals surface area contributed by atoms with Crippen molar-refractivity contribution in [2.75, 3.05) is 5.73 Å². The molecular weight excluding hydrogens is 276 g/mol. The molecule has 2 heterocycles. The van der Waals surface area contributed by atoms with Gasteiger partial charge in [0.15, 0.2) is 0 Å². The van der Waals surface area contributed by atoms with Crippen molar-refractivity contribution in [1.29, 1.82) is 0 Å². The van der Waals surface area contributed by atoms with Crippen molar-refractivity contribution in [3.63, 3.8) is 0 Å². The Morgan fingerprint density at radius 3 is 2.73 bits per heavy atom. The van der Waals surface area contributed by atoms with E-state index in [1.165, 1.54) is 5.56 Å². The first-order chi connectivity index (χ1) is 10.6. The molecule has 2 N–H and O–H groups in total. The molecule has 5 nitrogen and oxygen atoms in total. The van der Waals surface area contributed by atoms with Crippen LogP contribution in [-0.2, 0) is 0 Å². The number of hydrogen-bond donors (Lipinski definition) is 1. The number of rotatable bonds is 3. The molecule has 5 heteroatoms. The minimum atomic E-state index is 0.122. The van der Waals surface area contributed by atoms with E-state index in [-0.39, 0.29) is 5.95 Å². The lowest BCUT2D eigenvalue weighted by Gasteiger charge is -2.21. The zero-order valence-electron chi connectivity index (χ0n) is 12.2. The summed E-state index contributed by atoms with van der Waals surface area (Å²) in [5, 5.41) is 3.59. The zero-order valence-corrected chi connectivity index (χ0v) is 12.2. The highest BCUT2D eigenvalue weighted by Gasteiger charge is 2.13. The lowest BCUT2D eigenvalue weighted by atomic mass is 10.1. The molecule has 0 amide bonds. The van der Waals surface area contributed by atoms with E-state index in [0.29, 0.717) is 5.89 Å². The van der Waals surface area contributed by atoms with Gasteiger partial charge in [-0.2, -0.15) is 4.98 Å². The first-order valence-electron chi connectivity index (χ1n) is 6.84. The molecule has 1 aliphatic heterocycles. The van der Waals surface area contributed by atoms with Crippen LogP contribution in [0.5, 0.6) is 0 Å². The summed E-state index contributed by atoms with van der Waals surface area (Å²) in [5.41, 5.74) is 9.38. The standard InChI is InChI=1S/C17H16N4O/c1-12(14-6-4-3-5-7-14)11-21-9-8-15(10-13(21)2)16-19-17(18)20-22-16/h3-11H,2H2,1H3,(H2,18,20)/b12-11+. The maximum absolute atomic E-state index is 5.47. The lowest BCUT2D eigenvalue weighted by Crippen LogP contribution is -2.10. The zero-order chi connectivity index (χ0) is 15.5. The molecule has 0 bridgehead atoms. The number of nitrogens with zero attached hydrogens (tertiary/aromatic N) is 3. The van der Waals surface area contributed by atoms with Crippen LogP contribution in [0.15, 0.2) is 71.7 Å². The Morgan fingerprint density at radius 2 is 2.09 bits per heavy atom. The van der Waals surface area contributed by atoms with Crippen molar-refractivity contribution in [2.45, 2.75) is 6.92 Å². The molecule has 110 valence electrons. The number of aromatic nitrogens is 2. The molecule has 0 saturated carbocycles. The van der Waals surface area contributed by atoms with E-state index in [9.17, 15) is 0 Å². The van der Waals surface area contributed by atoms with E-state index < -0.39 is 0 Å². The van der Waals surface area contributed by atoms with Gasteiger partial charge in [-0.15, -0.1) is 0 Å². The largest absolute Gasteiger partial charge is 0.365 e. The Bertz CT molecular complexity index is 784. The molecule has 1 aromatic carbocycles. The fourth-order valence-electron chi connectivity index (χ4n) is 2.15. The monoisotopic (exact) mass is 292 g/mol. The molecule has 2 aromatic rings. The minimum absolute atomic E-state index is 0.122. The maximum atomic E-state index is 5.47. The second kappa shape index (κ2) is 5.73. The van der Waals surface area contributed by atoms with Crippen molar-refractivity contribution in [2.24, 2.45) is 0 Å². The van der Waals surface area contributed by atoms with Crippen LogP contribution >= 0.6 is 0 Å². The van der Waals surface area contributed by atoms with Gasteiger partial charge >= 0.3 is 0 Å². The highest BCUT2D eigenvalue weighted by atomic mass is 16.5. The SMILES string of the molecule is C=C1C=C(c2nc(N)no2)C=CN1/C=C(\C)c1ccccc1. The molecule has 0 fully saturated rings. The van der Waals surface area contributed by atoms with E-state index in [1.54, 1.807) is 0 Å². The molecule has 3 rings (SSSR count). The maximum Gasteiger partial charge on any atom is 0.261 e. The Hall–Kier alpha value is -3.08. The number of allylic oxidation sites excluding steroid dienone is 4. The molecule has 0 aliphatic carbocycles. The summed E-state index contributed by atoms with van der Waals surface area (Å²) in [7, 11) is 0. The van der Waals surface area contributed by atoms with Crippen LogP contribution in [0.3, 0.4) is 0 Å². The Labute approximate surface area is 128 Å². The number of benzene rings is 1. The highest BCUT2D eigenvalue weighted by molar-refractivity contribution is 5.73. The van der Waals surface area contributed by atoms with Gasteiger partial charge in [-0.05, 0) is 35.4 Å². The van der Waals surface area contributed by atoms with Gasteiger partial charge in [0.25, 0.3) is 11.8 Å². The highest BCUT2D eigenvalue weighted by Crippen LogP contribution is 2.25. The Balaban J connectivity index is 1.81. The number of anilines is 1. The molecule has 0 atom stereocenters. The second-order valence-corrected chi connectivity index (χ2v) is 4.95. The van der Waals surface area contributed by atoms with Crippen LogP contribution in [-0.4, -0.2) is 15.0 Å². The van der Waals surface area contributed by atoms with E-state index in [1.807, 2.05) is 47.7 Å². The van der Waals surface area contributed by atoms with Crippen LogP contribution in [0.2, 0.25) is 0 Å². The van der Waals surface area contributed by atoms with Crippen molar-refractivity contribution < 1.29 is 4.52 Å². The van der Waals surface area contributed by atoms with Crippen molar-refractivity contribution in [3.05, 3.63) is 78.6 Å². The normalized spacial score (nSPS) is 15.1. The van der Waals surface area contributed by atoms with Gasteiger partial charge in [0.1, 0.15) is 0 Å². The predicted molar refractivity (Wildman–Crippen MR) is 86.9 cm³/mol. The van der Waals surface area contributed by atoms with E-state index in [4.69, 9.17) is 10.3 Å². The van der Waals surface area contributed by atoms with E-state index in [0.717, 1.165) is 16.8 Å². The van der Waals surface area contributed by atoms with E-state index >= 15 is 0 Å². The van der Waals surface area contributed by atoms with Crippen LogP contribution in [0.25, 0.3) is 11.1 Å². The third-order valence-corrected chi connectivity index (χ3v) is 3.32. The summed E-state index contributed by atoms with van der Waals surface area (Å²) in [6.45, 7) is 6.12.